The van der Waals surface area contributed by atoms with Gasteiger partial charge in [0.05, 0.1) is 12.7 Å². The molecule has 0 bridgehead atoms. The van der Waals surface area contributed by atoms with E-state index in [0.717, 1.165) is 38.5 Å². The molecule has 8 heteroatoms. The van der Waals surface area contributed by atoms with Crippen LogP contribution in [-0.2, 0) is 6.54 Å². The molecule has 2 aliphatic heterocycles. The molecule has 1 aromatic carbocycles. The first kappa shape index (κ1) is 17.7. The van der Waals surface area contributed by atoms with Gasteiger partial charge in [-0.15, -0.1) is 0 Å². The molecule has 2 aromatic rings. The molecule has 2 aliphatic rings. The fourth-order valence-electron chi connectivity index (χ4n) is 4.04. The minimum Gasteiger partial charge on any atom is -0.497 e. The number of anilines is 1. The quantitative estimate of drug-likeness (QED) is 0.604. The highest BCUT2D eigenvalue weighted by Crippen LogP contribution is 2.33. The number of carbonyl (C=O) groups is 1. The minimum atomic E-state index is -0.603. The molecule has 27 heavy (non-hydrogen) atoms. The molecule has 2 unspecified atom stereocenters. The lowest BCUT2D eigenvalue weighted by atomic mass is 10.0. The minimum absolute atomic E-state index is 0.242. The molecule has 0 saturated carbocycles. The smallest absolute Gasteiger partial charge is 0.277 e. The molecule has 2 atom stereocenters. The highest BCUT2D eigenvalue weighted by Gasteiger charge is 2.40. The van der Waals surface area contributed by atoms with Crippen molar-refractivity contribution >= 4 is 11.9 Å². The summed E-state index contributed by atoms with van der Waals surface area (Å²) >= 11 is 0. The lowest BCUT2D eigenvalue weighted by molar-refractivity contribution is 0.0705. The molecule has 8 nitrogen and oxygen atoms in total. The summed E-state index contributed by atoms with van der Waals surface area (Å²) in [6, 6.07) is 8.26. The zero-order chi connectivity index (χ0) is 18.8. The van der Waals surface area contributed by atoms with Gasteiger partial charge in [0, 0.05) is 45.1 Å². The van der Waals surface area contributed by atoms with Crippen molar-refractivity contribution in [1.82, 2.24) is 20.3 Å². The summed E-state index contributed by atoms with van der Waals surface area (Å²) in [4.78, 5) is 24.6. The Balaban J connectivity index is 1.33. The van der Waals surface area contributed by atoms with Crippen molar-refractivity contribution in [3.8, 4) is 5.75 Å². The predicted molar refractivity (Wildman–Crippen MR) is 98.7 cm³/mol. The number of aromatic nitrogens is 2. The molecular weight excluding hydrogens is 346 g/mol. The third-order valence-electron chi connectivity index (χ3n) is 5.41. The molecule has 2 fully saturated rings. The van der Waals surface area contributed by atoms with E-state index in [0.29, 0.717) is 17.8 Å². The van der Waals surface area contributed by atoms with Gasteiger partial charge in [0.1, 0.15) is 5.75 Å². The second-order valence-corrected chi connectivity index (χ2v) is 7.18. The van der Waals surface area contributed by atoms with Gasteiger partial charge in [0.25, 0.3) is 5.91 Å². The van der Waals surface area contributed by atoms with Gasteiger partial charge in [-0.25, -0.2) is 15.4 Å². The summed E-state index contributed by atoms with van der Waals surface area (Å²) in [7, 11) is 1.68. The molecule has 1 amide bonds. The van der Waals surface area contributed by atoms with Gasteiger partial charge in [-0.1, -0.05) is 12.1 Å². The highest BCUT2D eigenvalue weighted by molar-refractivity contribution is 5.92. The van der Waals surface area contributed by atoms with E-state index in [-0.39, 0.29) is 5.56 Å². The zero-order valence-corrected chi connectivity index (χ0v) is 15.2. The lowest BCUT2D eigenvalue weighted by Crippen LogP contribution is -2.29. The summed E-state index contributed by atoms with van der Waals surface area (Å²) in [6.07, 6.45) is 2.88. The van der Waals surface area contributed by atoms with Crippen molar-refractivity contribution in [2.45, 2.75) is 6.54 Å². The van der Waals surface area contributed by atoms with Crippen LogP contribution >= 0.6 is 0 Å². The number of nitrogens with zero attached hydrogens (tertiary/aromatic N) is 4. The maximum atomic E-state index is 11.4. The van der Waals surface area contributed by atoms with Gasteiger partial charge in [-0.3, -0.25) is 14.9 Å². The average molecular weight is 369 g/mol. The van der Waals surface area contributed by atoms with Crippen molar-refractivity contribution in [1.29, 1.82) is 0 Å². The Morgan fingerprint density at radius 1 is 1.15 bits per heavy atom. The van der Waals surface area contributed by atoms with E-state index in [1.807, 2.05) is 12.1 Å². The van der Waals surface area contributed by atoms with Crippen molar-refractivity contribution in [3.63, 3.8) is 0 Å². The predicted octanol–water partition coefficient (Wildman–Crippen LogP) is 1.17. The molecule has 4 rings (SSSR count). The van der Waals surface area contributed by atoms with Gasteiger partial charge in [-0.2, -0.15) is 0 Å². The average Bonchev–Trinajstić information content (AvgIpc) is 3.26. The van der Waals surface area contributed by atoms with Crippen LogP contribution in [0, 0.1) is 11.8 Å². The topological polar surface area (TPSA) is 90.8 Å². The third-order valence-corrected chi connectivity index (χ3v) is 5.41. The molecule has 0 aliphatic carbocycles. The standard InChI is InChI=1S/C19H23N5O3/c1-27-17-4-2-13(3-5-17)8-23-9-15-11-24(12-16(15)10-23)19-20-6-14(7-21-19)18(25)22-26/h2-7,15-16,26H,8-12H2,1H3,(H,22,25). The van der Waals surface area contributed by atoms with Gasteiger partial charge in [0.2, 0.25) is 5.95 Å². The van der Waals surface area contributed by atoms with E-state index in [4.69, 9.17) is 9.94 Å². The van der Waals surface area contributed by atoms with E-state index in [1.54, 1.807) is 12.6 Å². The first-order valence-electron chi connectivity index (χ1n) is 9.03. The zero-order valence-electron chi connectivity index (χ0n) is 15.2. The normalized spacial score (nSPS) is 21.9. The Morgan fingerprint density at radius 2 is 1.78 bits per heavy atom. The van der Waals surface area contributed by atoms with Crippen molar-refractivity contribution in [3.05, 3.63) is 47.8 Å². The fourth-order valence-corrected chi connectivity index (χ4v) is 4.04. The maximum absolute atomic E-state index is 11.4. The maximum Gasteiger partial charge on any atom is 0.277 e. The monoisotopic (exact) mass is 369 g/mol. The molecule has 0 radical (unpaired) electrons. The number of nitrogens with one attached hydrogen (secondary N) is 1. The summed E-state index contributed by atoms with van der Waals surface area (Å²) in [5.74, 6) is 2.13. The first-order chi connectivity index (χ1) is 13.2. The van der Waals surface area contributed by atoms with Crippen molar-refractivity contribution < 1.29 is 14.7 Å². The van der Waals surface area contributed by atoms with E-state index in [9.17, 15) is 4.79 Å². The Morgan fingerprint density at radius 3 is 2.33 bits per heavy atom. The largest absolute Gasteiger partial charge is 0.497 e. The van der Waals surface area contributed by atoms with Crippen LogP contribution < -0.4 is 15.1 Å². The second-order valence-electron chi connectivity index (χ2n) is 7.18. The number of hydrogen-bond donors (Lipinski definition) is 2. The number of hydroxylamine groups is 1. The van der Waals surface area contributed by atoms with Gasteiger partial charge >= 0.3 is 0 Å². The summed E-state index contributed by atoms with van der Waals surface area (Å²) < 4.78 is 5.21. The molecular formula is C19H23N5O3. The summed E-state index contributed by atoms with van der Waals surface area (Å²) in [6.45, 7) is 4.94. The van der Waals surface area contributed by atoms with E-state index in [2.05, 4.69) is 31.9 Å². The number of carbonyl (C=O) groups excluding carboxylic acids is 1. The van der Waals surface area contributed by atoms with Crippen LogP contribution in [0.25, 0.3) is 0 Å². The number of ether oxygens (including phenoxy) is 1. The molecule has 1 aromatic heterocycles. The van der Waals surface area contributed by atoms with Crippen LogP contribution in [0.15, 0.2) is 36.7 Å². The van der Waals surface area contributed by atoms with Crippen LogP contribution in [0.5, 0.6) is 5.75 Å². The Labute approximate surface area is 157 Å². The van der Waals surface area contributed by atoms with Crippen LogP contribution in [0.4, 0.5) is 5.95 Å². The van der Waals surface area contributed by atoms with Crippen LogP contribution in [-0.4, -0.2) is 59.3 Å². The molecule has 3 heterocycles. The van der Waals surface area contributed by atoms with E-state index >= 15 is 0 Å². The van der Waals surface area contributed by atoms with Crippen LogP contribution in [0.3, 0.4) is 0 Å². The Hall–Kier alpha value is -2.71. The number of rotatable bonds is 5. The van der Waals surface area contributed by atoms with E-state index < -0.39 is 5.91 Å². The summed E-state index contributed by atoms with van der Waals surface area (Å²) in [5.41, 5.74) is 3.13. The lowest BCUT2D eigenvalue weighted by Gasteiger charge is -2.21. The van der Waals surface area contributed by atoms with Gasteiger partial charge in [0.15, 0.2) is 0 Å². The van der Waals surface area contributed by atoms with Gasteiger partial charge < -0.3 is 9.64 Å². The SMILES string of the molecule is COc1ccc(CN2CC3CN(c4ncc(C(=O)NO)cn4)CC3C2)cc1. The number of likely N-dealkylation sites (tertiary alicyclic amines) is 1. The van der Waals surface area contributed by atoms with Crippen molar-refractivity contribution in [2.75, 3.05) is 38.2 Å². The number of methoxy groups -OCH3 is 1. The molecule has 0 spiro atoms. The first-order valence-corrected chi connectivity index (χ1v) is 9.03. The van der Waals surface area contributed by atoms with E-state index in [1.165, 1.54) is 18.0 Å². The summed E-state index contributed by atoms with van der Waals surface area (Å²) in [5, 5.41) is 8.66. The third kappa shape index (κ3) is 3.72. The van der Waals surface area contributed by atoms with Gasteiger partial charge in [-0.05, 0) is 29.5 Å². The number of hydrogen-bond acceptors (Lipinski definition) is 7. The number of fused-ring (bicyclic) bond motifs is 1. The Bertz CT molecular complexity index is 782. The molecule has 2 N–H and O–H groups in total. The fraction of sp³-hybridized carbons (Fsp3) is 0.421. The second kappa shape index (κ2) is 7.50. The number of benzene rings is 1. The number of amides is 1. The van der Waals surface area contributed by atoms with Crippen LogP contribution in [0.2, 0.25) is 0 Å². The molecule has 2 saturated heterocycles. The van der Waals surface area contributed by atoms with Crippen molar-refractivity contribution in [2.24, 2.45) is 11.8 Å². The van der Waals surface area contributed by atoms with Crippen LogP contribution in [0.1, 0.15) is 15.9 Å². The highest BCUT2D eigenvalue weighted by atomic mass is 16.5. The molecule has 142 valence electrons. The Kier molecular flexibility index (Phi) is 4.91.